The number of carbonyl (C=O) groups is 1. The van der Waals surface area contributed by atoms with Crippen LogP contribution in [0.15, 0.2) is 36.5 Å². The molecule has 0 unspecified atom stereocenters. The van der Waals surface area contributed by atoms with E-state index in [9.17, 15) is 10.1 Å². The maximum Gasteiger partial charge on any atom is 0.231 e. The van der Waals surface area contributed by atoms with Gasteiger partial charge in [0, 0.05) is 38.4 Å². The Balaban J connectivity index is 1.50. The predicted molar refractivity (Wildman–Crippen MR) is 108 cm³/mol. The Morgan fingerprint density at radius 2 is 2.03 bits per heavy atom. The second-order valence-corrected chi connectivity index (χ2v) is 7.41. The average Bonchev–Trinajstić information content (AvgIpc) is 2.69. The first-order chi connectivity index (χ1) is 14.0. The van der Waals surface area contributed by atoms with Crippen molar-refractivity contribution in [2.75, 3.05) is 20.1 Å². The fourth-order valence-electron chi connectivity index (χ4n) is 3.16. The van der Waals surface area contributed by atoms with Gasteiger partial charge in [0.25, 0.3) is 0 Å². The van der Waals surface area contributed by atoms with E-state index in [0.29, 0.717) is 18.1 Å². The number of likely N-dealkylation sites (tertiary alicyclic amines) is 1. The van der Waals surface area contributed by atoms with Crippen molar-refractivity contribution in [1.29, 1.82) is 5.26 Å². The fraction of sp³-hybridized carbons (Fsp3) is 0.409. The number of amides is 1. The van der Waals surface area contributed by atoms with E-state index < -0.39 is 0 Å². The van der Waals surface area contributed by atoms with Gasteiger partial charge in [-0.3, -0.25) is 9.69 Å². The van der Waals surface area contributed by atoms with Gasteiger partial charge in [-0.25, -0.2) is 4.98 Å². The van der Waals surface area contributed by atoms with Gasteiger partial charge in [0.05, 0.1) is 12.0 Å². The lowest BCUT2D eigenvalue weighted by molar-refractivity contribution is -0.129. The van der Waals surface area contributed by atoms with Crippen molar-refractivity contribution in [3.63, 3.8) is 0 Å². The summed E-state index contributed by atoms with van der Waals surface area (Å²) >= 11 is 0. The highest BCUT2D eigenvalue weighted by atomic mass is 16.5. The molecule has 3 rings (SSSR count). The molecular formula is C22H26N4O3. The van der Waals surface area contributed by atoms with E-state index in [1.807, 2.05) is 38.1 Å². The fourth-order valence-corrected chi connectivity index (χ4v) is 3.16. The molecule has 0 aliphatic carbocycles. The molecular weight excluding hydrogens is 368 g/mol. The quantitative estimate of drug-likeness (QED) is 0.740. The Morgan fingerprint density at radius 1 is 1.31 bits per heavy atom. The third-order valence-electron chi connectivity index (χ3n) is 4.68. The maximum atomic E-state index is 11.5. The van der Waals surface area contributed by atoms with Gasteiger partial charge >= 0.3 is 0 Å². The highest BCUT2D eigenvalue weighted by Crippen LogP contribution is 2.22. The minimum atomic E-state index is -0.0406. The van der Waals surface area contributed by atoms with E-state index in [2.05, 4.69) is 21.3 Å². The van der Waals surface area contributed by atoms with Gasteiger partial charge in [0.2, 0.25) is 11.8 Å². The first-order valence-corrected chi connectivity index (χ1v) is 9.70. The Hall–Kier alpha value is -3.11. The molecule has 1 fully saturated rings. The second kappa shape index (κ2) is 9.39. The van der Waals surface area contributed by atoms with Crippen LogP contribution in [0.2, 0.25) is 0 Å². The maximum absolute atomic E-state index is 11.5. The summed E-state index contributed by atoms with van der Waals surface area (Å²) in [5.74, 6) is 1.32. The molecule has 1 amide bonds. The highest BCUT2D eigenvalue weighted by molar-refractivity contribution is 5.79. The minimum absolute atomic E-state index is 0.0406. The summed E-state index contributed by atoms with van der Waals surface area (Å²) in [5.41, 5.74) is 2.39. The van der Waals surface area contributed by atoms with Crippen LogP contribution in [0.3, 0.4) is 0 Å². The number of hydrogen-bond donors (Lipinski definition) is 1. The minimum Gasteiger partial charge on any atom is -0.489 e. The third kappa shape index (κ3) is 5.46. The molecule has 1 aliphatic rings. The Kier molecular flexibility index (Phi) is 6.68. The Bertz CT molecular complexity index is 884. The van der Waals surface area contributed by atoms with Crippen molar-refractivity contribution in [3.8, 4) is 17.7 Å². The van der Waals surface area contributed by atoms with Crippen LogP contribution >= 0.6 is 0 Å². The van der Waals surface area contributed by atoms with Crippen molar-refractivity contribution in [3.05, 3.63) is 53.2 Å². The van der Waals surface area contributed by atoms with Gasteiger partial charge in [0.15, 0.2) is 0 Å². The van der Waals surface area contributed by atoms with Crippen LogP contribution in [0.25, 0.3) is 0 Å². The predicted octanol–water partition coefficient (Wildman–Crippen LogP) is 2.50. The molecule has 1 aliphatic heterocycles. The highest BCUT2D eigenvalue weighted by Gasteiger charge is 2.31. The molecule has 0 atom stereocenters. The van der Waals surface area contributed by atoms with E-state index >= 15 is 0 Å². The summed E-state index contributed by atoms with van der Waals surface area (Å²) in [7, 11) is 1.68. The zero-order valence-corrected chi connectivity index (χ0v) is 17.0. The van der Waals surface area contributed by atoms with Gasteiger partial charge in [-0.05, 0) is 37.6 Å². The topological polar surface area (TPSA) is 87.5 Å². The summed E-state index contributed by atoms with van der Waals surface area (Å²) in [4.78, 5) is 18.0. The molecule has 2 aromatic rings. The number of nitrogens with zero attached hydrogens (tertiary/aromatic N) is 3. The van der Waals surface area contributed by atoms with E-state index in [4.69, 9.17) is 9.47 Å². The van der Waals surface area contributed by atoms with Crippen LogP contribution < -0.4 is 14.8 Å². The Morgan fingerprint density at radius 3 is 2.66 bits per heavy atom. The number of nitriles is 1. The van der Waals surface area contributed by atoms with Crippen LogP contribution in [0.1, 0.15) is 30.5 Å². The summed E-state index contributed by atoms with van der Waals surface area (Å²) in [6.45, 7) is 6.52. The molecule has 152 valence electrons. The Labute approximate surface area is 171 Å². The van der Waals surface area contributed by atoms with Gasteiger partial charge in [-0.15, -0.1) is 0 Å². The standard InChI is InChI=1S/C22H26N4O3/c1-15(2)29-22-18(9-23)8-17(10-25-22)14-28-20-6-4-16(5-7-20)11-26-12-19(13-26)21(27)24-3/h4-8,10,15,19H,11-14H2,1-3H3,(H,24,27). The molecule has 1 aromatic heterocycles. The summed E-state index contributed by atoms with van der Waals surface area (Å²) in [5, 5.41) is 12.0. The lowest BCUT2D eigenvalue weighted by atomic mass is 9.98. The van der Waals surface area contributed by atoms with Gasteiger partial charge in [0.1, 0.15) is 24.0 Å². The number of aromatic nitrogens is 1. The second-order valence-electron chi connectivity index (χ2n) is 7.41. The lowest BCUT2D eigenvalue weighted by Crippen LogP contribution is -2.52. The molecule has 0 spiro atoms. The van der Waals surface area contributed by atoms with Crippen LogP contribution in [0.4, 0.5) is 0 Å². The first-order valence-electron chi connectivity index (χ1n) is 9.70. The zero-order valence-electron chi connectivity index (χ0n) is 17.0. The molecule has 1 N–H and O–H groups in total. The van der Waals surface area contributed by atoms with Gasteiger partial charge < -0.3 is 14.8 Å². The number of nitrogens with one attached hydrogen (secondary N) is 1. The summed E-state index contributed by atoms with van der Waals surface area (Å²) < 4.78 is 11.4. The molecule has 29 heavy (non-hydrogen) atoms. The number of rotatable bonds is 8. The van der Waals surface area contributed by atoms with E-state index in [1.165, 1.54) is 5.56 Å². The zero-order chi connectivity index (χ0) is 20.8. The summed E-state index contributed by atoms with van der Waals surface area (Å²) in [6.07, 6.45) is 1.63. The summed E-state index contributed by atoms with van der Waals surface area (Å²) in [6, 6.07) is 11.8. The van der Waals surface area contributed by atoms with Gasteiger partial charge in [-0.2, -0.15) is 5.26 Å². The number of benzene rings is 1. The molecule has 1 aromatic carbocycles. The van der Waals surface area contributed by atoms with Crippen molar-refractivity contribution in [1.82, 2.24) is 15.2 Å². The van der Waals surface area contributed by atoms with Gasteiger partial charge in [-0.1, -0.05) is 12.1 Å². The van der Waals surface area contributed by atoms with Crippen molar-refractivity contribution in [2.24, 2.45) is 5.92 Å². The molecule has 0 radical (unpaired) electrons. The largest absolute Gasteiger partial charge is 0.489 e. The van der Waals surface area contributed by atoms with E-state index in [-0.39, 0.29) is 17.9 Å². The molecule has 7 nitrogen and oxygen atoms in total. The van der Waals surface area contributed by atoms with Crippen molar-refractivity contribution in [2.45, 2.75) is 33.1 Å². The number of hydrogen-bond acceptors (Lipinski definition) is 6. The van der Waals surface area contributed by atoms with Crippen LogP contribution in [-0.4, -0.2) is 42.0 Å². The third-order valence-corrected chi connectivity index (χ3v) is 4.68. The molecule has 7 heteroatoms. The molecule has 1 saturated heterocycles. The number of carbonyl (C=O) groups excluding carboxylic acids is 1. The van der Waals surface area contributed by atoms with E-state index in [0.717, 1.165) is 30.9 Å². The van der Waals surface area contributed by atoms with Crippen molar-refractivity contribution < 1.29 is 14.3 Å². The van der Waals surface area contributed by atoms with Crippen LogP contribution in [-0.2, 0) is 17.9 Å². The number of pyridine rings is 1. The van der Waals surface area contributed by atoms with Crippen molar-refractivity contribution >= 4 is 5.91 Å². The lowest BCUT2D eigenvalue weighted by Gasteiger charge is -2.38. The first kappa shape index (κ1) is 20.6. The van der Waals surface area contributed by atoms with Crippen LogP contribution in [0, 0.1) is 17.2 Å². The number of ether oxygens (including phenoxy) is 2. The average molecular weight is 394 g/mol. The molecule has 0 saturated carbocycles. The molecule has 0 bridgehead atoms. The van der Waals surface area contributed by atoms with Crippen LogP contribution in [0.5, 0.6) is 11.6 Å². The molecule has 2 heterocycles. The SMILES string of the molecule is CNC(=O)C1CN(Cc2ccc(OCc3cnc(OC(C)C)c(C#N)c3)cc2)C1. The normalized spacial score (nSPS) is 14.2. The van der Waals surface area contributed by atoms with E-state index in [1.54, 1.807) is 19.3 Å². The monoisotopic (exact) mass is 394 g/mol. The smallest absolute Gasteiger partial charge is 0.231 e.